The fourth-order valence-electron chi connectivity index (χ4n) is 9.08. The summed E-state index contributed by atoms with van der Waals surface area (Å²) in [6, 6.07) is 8.66. The van der Waals surface area contributed by atoms with Gasteiger partial charge in [-0.1, -0.05) is 33.8 Å². The quantitative estimate of drug-likeness (QED) is 0.208. The molecule has 1 aromatic carbocycles. The number of methoxy groups -OCH3 is 2. The molecule has 1 saturated heterocycles. The minimum Gasteiger partial charge on any atom is -0.464 e. The number of aliphatic imine (C=N–C) groups is 1. The van der Waals surface area contributed by atoms with Gasteiger partial charge in [-0.3, -0.25) is 29.4 Å². The number of amides is 2. The van der Waals surface area contributed by atoms with Crippen molar-refractivity contribution in [2.45, 2.75) is 97.7 Å². The van der Waals surface area contributed by atoms with Gasteiger partial charge in [0.05, 0.1) is 43.4 Å². The van der Waals surface area contributed by atoms with Crippen LogP contribution in [0, 0.1) is 23.2 Å². The van der Waals surface area contributed by atoms with E-state index < -0.39 is 29.6 Å². The molecule has 6 bridgehead atoms. The summed E-state index contributed by atoms with van der Waals surface area (Å²) in [6.07, 6.45) is 2.42. The summed E-state index contributed by atoms with van der Waals surface area (Å²) in [5, 5.41) is 6.41. The first-order chi connectivity index (χ1) is 29.3. The number of nitrogens with one attached hydrogen (secondary N) is 2. The lowest BCUT2D eigenvalue weighted by Gasteiger charge is -2.37. The van der Waals surface area contributed by atoms with E-state index in [4.69, 9.17) is 28.9 Å². The third kappa shape index (κ3) is 9.72. The molecule has 1 saturated carbocycles. The van der Waals surface area contributed by atoms with Gasteiger partial charge in [-0.2, -0.15) is 0 Å². The SMILES string of the molecule is CCn1c(-c2cccnc2[C@H](C)OC)c2c3cc(ccc31)C1CSC(=N1)[C@@H](OCCN(C)CCOC)[C@H](NC(=O)[C@H]1[C@H](C)[C@@H]1C)C(=O)N1CCC[C@H](N1)C(=O)OCC(C)(C)C2. The van der Waals surface area contributed by atoms with Crippen LogP contribution in [-0.4, -0.2) is 127 Å². The number of carbonyl (C=O) groups excluding carboxylic acids is 3. The van der Waals surface area contributed by atoms with E-state index in [1.165, 1.54) is 5.01 Å². The van der Waals surface area contributed by atoms with Crippen LogP contribution in [-0.2, 0) is 46.3 Å². The van der Waals surface area contributed by atoms with E-state index in [0.29, 0.717) is 62.9 Å². The number of hydrogen-bond acceptors (Lipinski definition) is 12. The third-order valence-corrected chi connectivity index (χ3v) is 14.2. The number of esters is 1. The number of aryl methyl sites for hydroxylation is 1. The number of benzene rings is 1. The molecule has 0 radical (unpaired) electrons. The van der Waals surface area contributed by atoms with Gasteiger partial charge in [0.2, 0.25) is 5.91 Å². The number of hydrogen-bond donors (Lipinski definition) is 2. The van der Waals surface area contributed by atoms with Gasteiger partial charge in [0, 0.05) is 80.1 Å². The molecule has 1 unspecified atom stereocenters. The van der Waals surface area contributed by atoms with E-state index in [1.807, 2.05) is 26.2 Å². The Morgan fingerprint density at radius 1 is 1.15 bits per heavy atom. The molecule has 5 heterocycles. The van der Waals surface area contributed by atoms with Crippen molar-refractivity contribution in [3.8, 4) is 11.3 Å². The zero-order chi connectivity index (χ0) is 43.6. The monoisotopic (exact) mass is 859 g/mol. The number of rotatable bonds is 13. The predicted molar refractivity (Wildman–Crippen MR) is 238 cm³/mol. The number of fused-ring (bicyclic) bond motifs is 5. The smallest absolute Gasteiger partial charge is 0.324 e. The van der Waals surface area contributed by atoms with E-state index in [9.17, 15) is 14.4 Å². The average Bonchev–Trinajstić information content (AvgIpc) is 3.54. The highest BCUT2D eigenvalue weighted by Crippen LogP contribution is 2.46. The summed E-state index contributed by atoms with van der Waals surface area (Å²) in [6.45, 7) is 16.0. The molecule has 2 fully saturated rings. The van der Waals surface area contributed by atoms with Gasteiger partial charge in [0.1, 0.15) is 23.2 Å². The minimum atomic E-state index is -1.08. The molecule has 2 aromatic heterocycles. The number of cyclic esters (lactones) is 1. The molecule has 2 amide bonds. The standard InChI is InChI=1S/C46H65N7O7S/c1-10-52-36-16-15-30-23-32(36)33(40(52)31-13-11-17-47-38(31)29(4)58-9)24-46(5,6)26-60-45(56)34-14-12-18-53(50-34)44(55)39(49-42(54)37-27(2)28(37)3)41(43-48-35(30)25-61-43)59-22-20-51(7)19-21-57-8/h11,13,15-17,23,27-29,34-35,37,39,41,50H,10,12,14,18-22,24-26H2,1-9H3,(H,49,54)/t27-,28+,29-,34-,35?,37+,39-,41-/m0/s1. The zero-order valence-electron chi connectivity index (χ0n) is 37.4. The lowest BCUT2D eigenvalue weighted by molar-refractivity contribution is -0.156. The van der Waals surface area contributed by atoms with Crippen LogP contribution in [0.1, 0.15) is 83.4 Å². The number of aromatic nitrogens is 2. The maximum Gasteiger partial charge on any atom is 0.324 e. The maximum atomic E-state index is 14.8. The van der Waals surface area contributed by atoms with E-state index >= 15 is 0 Å². The van der Waals surface area contributed by atoms with Crippen LogP contribution in [0.2, 0.25) is 0 Å². The summed E-state index contributed by atoms with van der Waals surface area (Å²) in [7, 11) is 5.38. The number of hydrazine groups is 1. The van der Waals surface area contributed by atoms with Crippen LogP contribution in [0.4, 0.5) is 0 Å². The summed E-state index contributed by atoms with van der Waals surface area (Å²) in [5.41, 5.74) is 8.96. The largest absolute Gasteiger partial charge is 0.464 e. The molecule has 14 nitrogen and oxygen atoms in total. The summed E-state index contributed by atoms with van der Waals surface area (Å²) in [5.74, 6) is -0.0964. The first kappa shape index (κ1) is 45.2. The van der Waals surface area contributed by atoms with Crippen LogP contribution in [0.25, 0.3) is 22.2 Å². The van der Waals surface area contributed by atoms with Crippen molar-refractivity contribution in [2.75, 3.05) is 66.5 Å². The van der Waals surface area contributed by atoms with Gasteiger partial charge >= 0.3 is 5.97 Å². The molecular weight excluding hydrogens is 795 g/mol. The van der Waals surface area contributed by atoms with Crippen molar-refractivity contribution < 1.29 is 33.3 Å². The van der Waals surface area contributed by atoms with Gasteiger partial charge in [-0.25, -0.2) is 5.43 Å². The summed E-state index contributed by atoms with van der Waals surface area (Å²) < 4.78 is 26.3. The maximum absolute atomic E-state index is 14.8. The first-order valence-electron chi connectivity index (χ1n) is 21.9. The van der Waals surface area contributed by atoms with Crippen molar-refractivity contribution in [3.63, 3.8) is 0 Å². The van der Waals surface area contributed by atoms with Gasteiger partial charge in [0.25, 0.3) is 5.91 Å². The molecule has 61 heavy (non-hydrogen) atoms. The molecular formula is C46H65N7O7S. The lowest BCUT2D eigenvalue weighted by Crippen LogP contribution is -2.63. The number of ether oxygens (including phenoxy) is 4. The molecule has 1 aliphatic carbocycles. The second-order valence-corrected chi connectivity index (χ2v) is 19.1. The van der Waals surface area contributed by atoms with Crippen LogP contribution >= 0.6 is 11.8 Å². The highest BCUT2D eigenvalue weighted by atomic mass is 32.2. The van der Waals surface area contributed by atoms with E-state index in [-0.39, 0.29) is 48.3 Å². The lowest BCUT2D eigenvalue weighted by atomic mass is 9.84. The highest BCUT2D eigenvalue weighted by molar-refractivity contribution is 8.14. The number of nitrogens with zero attached hydrogens (tertiary/aromatic N) is 5. The van der Waals surface area contributed by atoms with Gasteiger partial charge in [-0.05, 0) is 87.4 Å². The normalized spacial score (nSPS) is 27.1. The van der Waals surface area contributed by atoms with E-state index in [0.717, 1.165) is 45.5 Å². The zero-order valence-corrected chi connectivity index (χ0v) is 38.2. The van der Waals surface area contributed by atoms with Crippen molar-refractivity contribution in [2.24, 2.45) is 28.2 Å². The van der Waals surface area contributed by atoms with Crippen LogP contribution < -0.4 is 10.7 Å². The van der Waals surface area contributed by atoms with Crippen molar-refractivity contribution in [1.82, 2.24) is 30.2 Å². The number of likely N-dealkylation sites (N-methyl/N-ethyl adjacent to an activating group) is 1. The molecule has 2 N–H and O–H groups in total. The number of carbonyl (C=O) groups is 3. The summed E-state index contributed by atoms with van der Waals surface area (Å²) >= 11 is 1.57. The minimum absolute atomic E-state index is 0.169. The Morgan fingerprint density at radius 3 is 2.64 bits per heavy atom. The van der Waals surface area contributed by atoms with Gasteiger partial charge in [0.15, 0.2) is 0 Å². The molecule has 4 aliphatic rings. The van der Waals surface area contributed by atoms with Crippen LogP contribution in [0.15, 0.2) is 41.5 Å². The molecule has 8 atom stereocenters. The third-order valence-electron chi connectivity index (χ3n) is 13.1. The molecule has 7 rings (SSSR count). The fourth-order valence-corrected chi connectivity index (χ4v) is 10.2. The van der Waals surface area contributed by atoms with E-state index in [1.54, 1.807) is 26.0 Å². The number of pyridine rings is 1. The topological polar surface area (TPSA) is 149 Å². The van der Waals surface area contributed by atoms with Gasteiger partial charge < -0.3 is 33.7 Å². The first-order valence-corrected chi connectivity index (χ1v) is 22.9. The predicted octanol–water partition coefficient (Wildman–Crippen LogP) is 5.59. The Balaban J connectivity index is 1.36. The van der Waals surface area contributed by atoms with Crippen LogP contribution in [0.5, 0.6) is 0 Å². The van der Waals surface area contributed by atoms with Crippen molar-refractivity contribution >= 4 is 45.5 Å². The Hall–Kier alpha value is -3.86. The highest BCUT2D eigenvalue weighted by Gasteiger charge is 2.50. The Morgan fingerprint density at radius 2 is 1.92 bits per heavy atom. The molecule has 332 valence electrons. The average molecular weight is 860 g/mol. The van der Waals surface area contributed by atoms with Gasteiger partial charge in [-0.15, -0.1) is 11.8 Å². The van der Waals surface area contributed by atoms with Crippen molar-refractivity contribution in [1.29, 1.82) is 0 Å². The fraction of sp³-hybridized carbons (Fsp3) is 0.630. The van der Waals surface area contributed by atoms with E-state index in [2.05, 4.69) is 79.1 Å². The summed E-state index contributed by atoms with van der Waals surface area (Å²) in [4.78, 5) is 55.0. The molecule has 15 heteroatoms. The van der Waals surface area contributed by atoms with Crippen molar-refractivity contribution in [3.05, 3.63) is 53.3 Å². The number of thioether (sulfide) groups is 1. The Kier molecular flexibility index (Phi) is 14.3. The molecule has 0 spiro atoms. The Labute approximate surface area is 364 Å². The van der Waals surface area contributed by atoms with Crippen LogP contribution in [0.3, 0.4) is 0 Å². The molecule has 3 aliphatic heterocycles. The Bertz CT molecular complexity index is 2100. The second-order valence-electron chi connectivity index (χ2n) is 18.0. The second kappa shape index (κ2) is 19.3. The molecule has 3 aromatic rings.